The van der Waals surface area contributed by atoms with Gasteiger partial charge in [0.15, 0.2) is 11.5 Å². The van der Waals surface area contributed by atoms with Crippen molar-refractivity contribution in [2.75, 3.05) is 19.9 Å². The number of benzene rings is 1. The van der Waals surface area contributed by atoms with Crippen molar-refractivity contribution in [1.29, 1.82) is 0 Å². The molecule has 0 unspecified atom stereocenters. The Balaban J connectivity index is 2.06. The first-order valence-electron chi connectivity index (χ1n) is 6.12. The van der Waals surface area contributed by atoms with Gasteiger partial charge in [-0.1, -0.05) is 12.0 Å². The van der Waals surface area contributed by atoms with Crippen molar-refractivity contribution in [3.8, 4) is 23.8 Å². The summed E-state index contributed by atoms with van der Waals surface area (Å²) in [6.07, 6.45) is 7.96. The largest absolute Gasteiger partial charge is 0.480 e. The molecule has 21 heavy (non-hydrogen) atoms. The number of carboxylic acid groups (broad SMARTS) is 1. The molecule has 0 atom stereocenters. The molecule has 0 aromatic heterocycles. The highest BCUT2D eigenvalue weighted by molar-refractivity contribution is 5.93. The second kappa shape index (κ2) is 6.48. The van der Waals surface area contributed by atoms with Crippen LogP contribution in [0.2, 0.25) is 0 Å². The van der Waals surface area contributed by atoms with Crippen LogP contribution in [0.15, 0.2) is 24.3 Å². The summed E-state index contributed by atoms with van der Waals surface area (Å²) in [4.78, 5) is 23.6. The fourth-order valence-corrected chi connectivity index (χ4v) is 1.77. The van der Waals surface area contributed by atoms with Crippen molar-refractivity contribution in [3.05, 3.63) is 29.8 Å². The molecule has 1 aromatic carbocycles. The fourth-order valence-electron chi connectivity index (χ4n) is 1.77. The molecule has 0 saturated carbocycles. The Labute approximate surface area is 121 Å². The Morgan fingerprint density at radius 2 is 2.14 bits per heavy atom. The zero-order valence-electron chi connectivity index (χ0n) is 11.1. The number of terminal acetylenes is 1. The van der Waals surface area contributed by atoms with Gasteiger partial charge in [-0.2, -0.15) is 0 Å². The second-order valence-electron chi connectivity index (χ2n) is 4.24. The number of ether oxygens (including phenoxy) is 2. The van der Waals surface area contributed by atoms with E-state index in [1.807, 2.05) is 0 Å². The minimum Gasteiger partial charge on any atom is -0.480 e. The number of carboxylic acids is 1. The number of hydrogen-bond donors (Lipinski definition) is 1. The van der Waals surface area contributed by atoms with E-state index in [0.29, 0.717) is 11.5 Å². The molecule has 2 rings (SSSR count). The van der Waals surface area contributed by atoms with E-state index in [4.69, 9.17) is 21.0 Å². The lowest BCUT2D eigenvalue weighted by atomic mass is 10.2. The molecule has 0 radical (unpaired) electrons. The van der Waals surface area contributed by atoms with Crippen molar-refractivity contribution in [2.45, 2.75) is 0 Å². The molecule has 1 aromatic rings. The number of carbonyl (C=O) groups excluding carboxylic acids is 1. The maximum Gasteiger partial charge on any atom is 0.323 e. The van der Waals surface area contributed by atoms with Gasteiger partial charge in [-0.15, -0.1) is 6.42 Å². The molecule has 0 spiro atoms. The first kappa shape index (κ1) is 14.5. The number of nitrogens with zero attached hydrogens (tertiary/aromatic N) is 1. The van der Waals surface area contributed by atoms with E-state index < -0.39 is 18.4 Å². The van der Waals surface area contributed by atoms with Crippen molar-refractivity contribution in [2.24, 2.45) is 0 Å². The fraction of sp³-hybridized carbons (Fsp3) is 0.200. The molecule has 1 amide bonds. The van der Waals surface area contributed by atoms with Crippen LogP contribution in [-0.4, -0.2) is 41.8 Å². The first-order valence-corrected chi connectivity index (χ1v) is 6.12. The van der Waals surface area contributed by atoms with E-state index >= 15 is 0 Å². The number of amides is 1. The van der Waals surface area contributed by atoms with Crippen molar-refractivity contribution < 1.29 is 24.2 Å². The summed E-state index contributed by atoms with van der Waals surface area (Å²) < 4.78 is 10.4. The predicted molar refractivity (Wildman–Crippen MR) is 74.6 cm³/mol. The molecule has 6 heteroatoms. The van der Waals surface area contributed by atoms with E-state index in [1.54, 1.807) is 24.3 Å². The van der Waals surface area contributed by atoms with Gasteiger partial charge < -0.3 is 19.5 Å². The summed E-state index contributed by atoms with van der Waals surface area (Å²) in [6.45, 7) is -0.318. The van der Waals surface area contributed by atoms with E-state index in [1.165, 1.54) is 6.08 Å². The number of carbonyl (C=O) groups is 2. The van der Waals surface area contributed by atoms with E-state index in [9.17, 15) is 9.59 Å². The average molecular weight is 287 g/mol. The Hall–Kier alpha value is -2.94. The van der Waals surface area contributed by atoms with Crippen LogP contribution in [-0.2, 0) is 9.59 Å². The van der Waals surface area contributed by atoms with Gasteiger partial charge in [0.1, 0.15) is 6.54 Å². The standard InChI is InChI=1S/C15H13NO5/c1-2-7-16(9-15(18)19)14(17)6-4-11-3-5-12-13(8-11)21-10-20-12/h1,3-6,8H,7,9-10H2,(H,18,19). The van der Waals surface area contributed by atoms with Crippen molar-refractivity contribution in [1.82, 2.24) is 4.90 Å². The Kier molecular flexibility index (Phi) is 4.46. The number of rotatable bonds is 5. The lowest BCUT2D eigenvalue weighted by Gasteiger charge is -2.15. The van der Waals surface area contributed by atoms with Gasteiger partial charge >= 0.3 is 5.97 Å². The van der Waals surface area contributed by atoms with E-state index in [0.717, 1.165) is 10.5 Å². The monoisotopic (exact) mass is 287 g/mol. The van der Waals surface area contributed by atoms with Crippen LogP contribution in [0.25, 0.3) is 6.08 Å². The van der Waals surface area contributed by atoms with Gasteiger partial charge in [-0.25, -0.2) is 0 Å². The quantitative estimate of drug-likeness (QED) is 0.645. The Bertz CT molecular complexity index is 629. The topological polar surface area (TPSA) is 76.1 Å². The smallest absolute Gasteiger partial charge is 0.323 e. The summed E-state index contributed by atoms with van der Waals surface area (Å²) in [5.41, 5.74) is 0.739. The summed E-state index contributed by atoms with van der Waals surface area (Å²) in [6, 6.07) is 5.23. The molecule has 0 saturated heterocycles. The predicted octanol–water partition coefficient (Wildman–Crippen LogP) is 0.975. The molecule has 0 bridgehead atoms. The van der Waals surface area contributed by atoms with Crippen LogP contribution in [0.1, 0.15) is 5.56 Å². The zero-order chi connectivity index (χ0) is 15.2. The summed E-state index contributed by atoms with van der Waals surface area (Å²) in [5.74, 6) is 1.94. The summed E-state index contributed by atoms with van der Waals surface area (Å²) >= 11 is 0. The Morgan fingerprint density at radius 1 is 1.38 bits per heavy atom. The van der Waals surface area contributed by atoms with E-state index in [2.05, 4.69) is 5.92 Å². The molecular formula is C15H13NO5. The third kappa shape index (κ3) is 3.76. The van der Waals surface area contributed by atoms with Gasteiger partial charge in [-0.05, 0) is 23.8 Å². The minimum absolute atomic E-state index is 0.0589. The normalized spacial score (nSPS) is 12.1. The van der Waals surface area contributed by atoms with Gasteiger partial charge in [-0.3, -0.25) is 9.59 Å². The van der Waals surface area contributed by atoms with Crippen LogP contribution in [0.3, 0.4) is 0 Å². The highest BCUT2D eigenvalue weighted by Crippen LogP contribution is 2.32. The third-order valence-corrected chi connectivity index (χ3v) is 2.73. The molecule has 1 aliphatic rings. The van der Waals surface area contributed by atoms with Gasteiger partial charge in [0.2, 0.25) is 12.7 Å². The van der Waals surface area contributed by atoms with Crippen LogP contribution in [0.4, 0.5) is 0 Å². The highest BCUT2D eigenvalue weighted by atomic mass is 16.7. The molecule has 0 fully saturated rings. The van der Waals surface area contributed by atoms with Crippen LogP contribution >= 0.6 is 0 Å². The van der Waals surface area contributed by atoms with Crippen LogP contribution in [0.5, 0.6) is 11.5 Å². The maximum absolute atomic E-state index is 11.9. The van der Waals surface area contributed by atoms with Crippen molar-refractivity contribution in [3.63, 3.8) is 0 Å². The summed E-state index contributed by atoms with van der Waals surface area (Å²) in [5, 5.41) is 8.73. The van der Waals surface area contributed by atoms with Gasteiger partial charge in [0, 0.05) is 6.08 Å². The Morgan fingerprint density at radius 3 is 2.86 bits per heavy atom. The molecule has 6 nitrogen and oxygen atoms in total. The third-order valence-electron chi connectivity index (χ3n) is 2.73. The first-order chi connectivity index (χ1) is 10.1. The SMILES string of the molecule is C#CCN(CC(=O)O)C(=O)C=Cc1ccc2c(c1)OCO2. The minimum atomic E-state index is -1.12. The van der Waals surface area contributed by atoms with Crippen LogP contribution < -0.4 is 9.47 Å². The van der Waals surface area contributed by atoms with Gasteiger partial charge in [0.25, 0.3) is 0 Å². The molecule has 1 heterocycles. The second-order valence-corrected chi connectivity index (χ2v) is 4.24. The molecular weight excluding hydrogens is 274 g/mol. The molecule has 108 valence electrons. The molecule has 1 aliphatic heterocycles. The van der Waals surface area contributed by atoms with Crippen LogP contribution in [0, 0.1) is 12.3 Å². The lowest BCUT2D eigenvalue weighted by molar-refractivity contribution is -0.142. The van der Waals surface area contributed by atoms with E-state index in [-0.39, 0.29) is 13.3 Å². The zero-order valence-corrected chi connectivity index (χ0v) is 11.1. The van der Waals surface area contributed by atoms with Gasteiger partial charge in [0.05, 0.1) is 6.54 Å². The van der Waals surface area contributed by atoms with Crippen molar-refractivity contribution >= 4 is 18.0 Å². The highest BCUT2D eigenvalue weighted by Gasteiger charge is 2.14. The number of fused-ring (bicyclic) bond motifs is 1. The number of aliphatic carboxylic acids is 1. The molecule has 1 N–H and O–H groups in total. The lowest BCUT2D eigenvalue weighted by Crippen LogP contribution is -2.34. The molecule has 0 aliphatic carbocycles. The number of hydrogen-bond acceptors (Lipinski definition) is 4. The maximum atomic E-state index is 11.9. The summed E-state index contributed by atoms with van der Waals surface area (Å²) in [7, 11) is 0. The average Bonchev–Trinajstić information content (AvgIpc) is 2.91.